The second-order valence-corrected chi connectivity index (χ2v) is 24.5. The van der Waals surface area contributed by atoms with Crippen LogP contribution in [0.2, 0.25) is 0 Å². The molecule has 4 aromatic rings. The SMILES string of the molecule is COC(=O)[C@H]1O[C@@H](OC[C@H]2O[C@@H](OC[C@H]3O[C@@H](OCCCCCCNC(=O)CNS(=O)(=O)c4cccc5c(N(C)C)cccc45)[C@H](OC(C)=O)[C@@H](OC(C)=O)[C@H]3OC(C)=O)[C@H](OC(C)=O)[C@@H](OC(C)=O)[C@H]2OC(C)=O)[C@H](OC(=O)c2ccccc2)[C@@H](OC(=O)c2ccccc2)[C@@H]1OC. The van der Waals surface area contributed by atoms with Crippen LogP contribution in [0.5, 0.6) is 0 Å². The maximum Gasteiger partial charge on any atom is 0.338 e. The van der Waals surface area contributed by atoms with Crippen LogP contribution in [-0.4, -0.2) is 221 Å². The molecule has 4 aromatic carbocycles. The third kappa shape index (κ3) is 20.9. The van der Waals surface area contributed by atoms with E-state index in [0.717, 1.165) is 59.7 Å². The Hall–Kier alpha value is -8.73. The van der Waals surface area contributed by atoms with Gasteiger partial charge in [-0.2, -0.15) is 0 Å². The Morgan fingerprint density at radius 2 is 0.888 bits per heavy atom. The molecule has 0 bridgehead atoms. The number of nitrogens with one attached hydrogen (secondary N) is 2. The van der Waals surface area contributed by atoms with Gasteiger partial charge in [-0.15, -0.1) is 0 Å². The van der Waals surface area contributed by atoms with E-state index in [1.165, 1.54) is 37.4 Å². The van der Waals surface area contributed by atoms with Crippen molar-refractivity contribution in [3.05, 3.63) is 108 Å². The zero-order valence-corrected chi connectivity index (χ0v) is 56.4. The van der Waals surface area contributed by atoms with Gasteiger partial charge in [0, 0.05) is 92.4 Å². The van der Waals surface area contributed by atoms with Crippen LogP contribution in [0.3, 0.4) is 0 Å². The topological polar surface area (TPSA) is 380 Å². The van der Waals surface area contributed by atoms with E-state index in [4.69, 9.17) is 75.8 Å². The van der Waals surface area contributed by atoms with Crippen LogP contribution in [0.15, 0.2) is 102 Å². The number of amides is 1. The van der Waals surface area contributed by atoms with Crippen molar-refractivity contribution in [1.29, 1.82) is 0 Å². The molecule has 31 nitrogen and oxygen atoms in total. The first-order valence-corrected chi connectivity index (χ1v) is 32.6. The highest BCUT2D eigenvalue weighted by molar-refractivity contribution is 7.89. The Morgan fingerprint density at radius 1 is 0.459 bits per heavy atom. The lowest BCUT2D eigenvalue weighted by atomic mass is 9.96. The van der Waals surface area contributed by atoms with Gasteiger partial charge in [0.1, 0.15) is 18.3 Å². The summed E-state index contributed by atoms with van der Waals surface area (Å²) >= 11 is 0. The molecule has 3 aliphatic rings. The van der Waals surface area contributed by atoms with E-state index < -0.39 is 182 Å². The van der Waals surface area contributed by atoms with E-state index in [1.807, 2.05) is 31.1 Å². The minimum Gasteiger partial charge on any atom is -0.467 e. The maximum absolute atomic E-state index is 14.0. The van der Waals surface area contributed by atoms with Gasteiger partial charge in [-0.05, 0) is 49.2 Å². The molecule has 2 N–H and O–H groups in total. The molecule has 32 heteroatoms. The van der Waals surface area contributed by atoms with Crippen LogP contribution < -0.4 is 14.9 Å². The van der Waals surface area contributed by atoms with Crippen LogP contribution in [0, 0.1) is 0 Å². The largest absolute Gasteiger partial charge is 0.467 e. The zero-order valence-electron chi connectivity index (χ0n) is 55.5. The average molecular weight is 1400 g/mol. The smallest absolute Gasteiger partial charge is 0.338 e. The second kappa shape index (κ2) is 36.2. The van der Waals surface area contributed by atoms with Crippen LogP contribution in [-0.2, 0) is 124 Å². The second-order valence-electron chi connectivity index (χ2n) is 22.8. The summed E-state index contributed by atoms with van der Waals surface area (Å²) in [6.07, 6.45) is -24.1. The third-order valence-corrected chi connectivity index (χ3v) is 16.7. The number of hydrogen-bond acceptors (Lipinski definition) is 29. The molecule has 534 valence electrons. The number of ether oxygens (including phenoxy) is 16. The third-order valence-electron chi connectivity index (χ3n) is 15.3. The fraction of sp³-hybridized carbons (Fsp3) is 0.515. The molecule has 3 saturated heterocycles. The lowest BCUT2D eigenvalue weighted by Crippen LogP contribution is -2.66. The number of fused-ring (bicyclic) bond motifs is 1. The number of sulfonamides is 1. The van der Waals surface area contributed by atoms with E-state index >= 15 is 0 Å². The predicted octanol–water partition coefficient (Wildman–Crippen LogP) is 3.31. The molecule has 0 spiro atoms. The molecule has 0 unspecified atom stereocenters. The molecule has 3 heterocycles. The number of benzene rings is 4. The predicted molar refractivity (Wildman–Crippen MR) is 336 cm³/mol. The monoisotopic (exact) mass is 1400 g/mol. The van der Waals surface area contributed by atoms with Crippen LogP contribution in [0.25, 0.3) is 10.8 Å². The van der Waals surface area contributed by atoms with Gasteiger partial charge in [0.2, 0.25) is 15.9 Å². The van der Waals surface area contributed by atoms with E-state index in [0.29, 0.717) is 31.1 Å². The van der Waals surface area contributed by atoms with Crippen LogP contribution in [0.4, 0.5) is 5.69 Å². The first-order chi connectivity index (χ1) is 46.7. The number of carbonyl (C=O) groups excluding carboxylic acids is 10. The summed E-state index contributed by atoms with van der Waals surface area (Å²) in [4.78, 5) is 134. The van der Waals surface area contributed by atoms with Crippen molar-refractivity contribution in [2.45, 2.75) is 164 Å². The molecule has 7 rings (SSSR count). The van der Waals surface area contributed by atoms with E-state index in [2.05, 4.69) is 10.0 Å². The van der Waals surface area contributed by atoms with Crippen molar-refractivity contribution in [2.75, 3.05) is 66.1 Å². The first-order valence-electron chi connectivity index (χ1n) is 31.1. The highest BCUT2D eigenvalue weighted by Crippen LogP contribution is 2.37. The Morgan fingerprint density at radius 3 is 1.38 bits per heavy atom. The number of carbonyl (C=O) groups is 10. The van der Waals surface area contributed by atoms with Gasteiger partial charge < -0.3 is 86.0 Å². The molecule has 0 radical (unpaired) electrons. The fourth-order valence-electron chi connectivity index (χ4n) is 11.1. The van der Waals surface area contributed by atoms with Crippen molar-refractivity contribution in [2.24, 2.45) is 0 Å². The van der Waals surface area contributed by atoms with E-state index in [9.17, 15) is 56.4 Å². The van der Waals surface area contributed by atoms with Gasteiger partial charge >= 0.3 is 53.7 Å². The van der Waals surface area contributed by atoms with Crippen LogP contribution in [0.1, 0.15) is 87.9 Å². The van der Waals surface area contributed by atoms with E-state index in [-0.39, 0.29) is 29.2 Å². The van der Waals surface area contributed by atoms with Gasteiger partial charge in [-0.3, -0.25) is 33.6 Å². The molecule has 0 aliphatic carbocycles. The van der Waals surface area contributed by atoms with E-state index in [1.54, 1.807) is 54.6 Å². The van der Waals surface area contributed by atoms with Gasteiger partial charge in [0.05, 0.1) is 42.9 Å². The standard InChI is InChI=1S/C66H81N3O28S/c1-36(70)87-51-47(93-64(58(91-40(5)74)54(51)89-38(3)72)84-32-20-12-11-19-31-67-50(76)33-68-98(80,81)49-30-22-27-44-45(49)28-21-29-46(44)69(7)8)34-85-65-59(92-41(6)75)55(90-39(4)73)52(88-37(2)71)48(94-65)35-86-66-60(96-62(78)43-25-17-14-18-26-43)56(53(82-9)57(97-66)63(79)83-10)95-61(77)42-23-15-13-16-24-42/h13-18,21-30,47-48,51-60,64-66,68H,11-12,19-20,31-35H2,1-10H3,(H,67,76)/t47-,48-,51+,52+,53+,54+,55+,56+,57+,58-,59-,60-,64-,65-,66-/m1/s1. The number of unbranched alkanes of at least 4 members (excludes halogenated alkanes) is 3. The molecule has 3 aliphatic heterocycles. The zero-order chi connectivity index (χ0) is 71.4. The molecule has 3 fully saturated rings. The van der Waals surface area contributed by atoms with Gasteiger partial charge in [0.25, 0.3) is 0 Å². The Kier molecular flexibility index (Phi) is 28.3. The number of methoxy groups -OCH3 is 2. The summed E-state index contributed by atoms with van der Waals surface area (Å²) in [7, 11) is 1.80. The van der Waals surface area contributed by atoms with Gasteiger partial charge in [-0.1, -0.05) is 73.5 Å². The Bertz CT molecular complexity index is 3540. The van der Waals surface area contributed by atoms with Crippen molar-refractivity contribution >= 4 is 86.1 Å². The fourth-order valence-corrected chi connectivity index (χ4v) is 12.3. The summed E-state index contributed by atoms with van der Waals surface area (Å²) in [5.74, 6) is -9.33. The summed E-state index contributed by atoms with van der Waals surface area (Å²) in [6.45, 7) is 4.04. The molecule has 15 atom stereocenters. The average Bonchev–Trinajstić information content (AvgIpc) is 0.802. The van der Waals surface area contributed by atoms with Crippen molar-refractivity contribution in [3.8, 4) is 0 Å². The molecule has 1 amide bonds. The first kappa shape index (κ1) is 76.6. The minimum atomic E-state index is -4.10. The van der Waals surface area contributed by atoms with Crippen LogP contribution >= 0.6 is 0 Å². The number of esters is 9. The number of hydrogen-bond donors (Lipinski definition) is 2. The summed E-state index contributed by atoms with van der Waals surface area (Å²) in [6, 6.07) is 25.4. The lowest BCUT2D eigenvalue weighted by Gasteiger charge is -2.47. The molecular formula is C66H81N3O28S. The molecule has 0 aromatic heterocycles. The Labute approximate surface area is 564 Å². The quantitative estimate of drug-likeness (QED) is 0.0414. The number of nitrogens with zero attached hydrogens (tertiary/aromatic N) is 1. The summed E-state index contributed by atoms with van der Waals surface area (Å²) in [5, 5.41) is 3.92. The molecular weight excluding hydrogens is 1310 g/mol. The van der Waals surface area contributed by atoms with Crippen molar-refractivity contribution in [3.63, 3.8) is 0 Å². The van der Waals surface area contributed by atoms with Gasteiger partial charge in [0.15, 0.2) is 73.8 Å². The molecule has 0 saturated carbocycles. The highest BCUT2D eigenvalue weighted by Gasteiger charge is 2.58. The molecule has 98 heavy (non-hydrogen) atoms. The highest BCUT2D eigenvalue weighted by atomic mass is 32.2. The van der Waals surface area contributed by atoms with Crippen molar-refractivity contribution in [1.82, 2.24) is 10.0 Å². The lowest BCUT2D eigenvalue weighted by molar-refractivity contribution is -0.343. The van der Waals surface area contributed by atoms with Crippen molar-refractivity contribution < 1.29 is 132 Å². The van der Waals surface area contributed by atoms with Gasteiger partial charge in [-0.25, -0.2) is 27.5 Å². The maximum atomic E-state index is 14.0. The normalized spacial score (nSPS) is 25.3. The number of anilines is 1. The number of rotatable bonds is 31. The summed E-state index contributed by atoms with van der Waals surface area (Å²) in [5.41, 5.74) is 0.871. The summed E-state index contributed by atoms with van der Waals surface area (Å²) < 4.78 is 124. The minimum absolute atomic E-state index is 0.0146. The Balaban J connectivity index is 1.10.